The van der Waals surface area contributed by atoms with E-state index in [1.165, 1.54) is 11.0 Å². The molecule has 3 rings (SSSR count). The van der Waals surface area contributed by atoms with Gasteiger partial charge in [-0.2, -0.15) is 0 Å². The highest BCUT2D eigenvalue weighted by Gasteiger charge is 2.36. The van der Waals surface area contributed by atoms with Crippen LogP contribution in [-0.2, 0) is 4.79 Å². The second kappa shape index (κ2) is 6.84. The highest BCUT2D eigenvalue weighted by Crippen LogP contribution is 2.27. The number of rotatable bonds is 2. The molecule has 2 fully saturated rings. The molecule has 7 heteroatoms. The van der Waals surface area contributed by atoms with E-state index in [-0.39, 0.29) is 23.3 Å². The first-order chi connectivity index (χ1) is 11.5. The smallest absolute Gasteiger partial charge is 0.254 e. The molecule has 1 aromatic carbocycles. The molecule has 5 nitrogen and oxygen atoms in total. The summed E-state index contributed by atoms with van der Waals surface area (Å²) < 4.78 is 26.2. The summed E-state index contributed by atoms with van der Waals surface area (Å²) in [4.78, 5) is 28.0. The third-order valence-electron chi connectivity index (χ3n) is 4.84. The van der Waals surface area contributed by atoms with Crippen molar-refractivity contribution in [2.45, 2.75) is 25.4 Å². The summed E-state index contributed by atoms with van der Waals surface area (Å²) in [5.41, 5.74) is 0.0971. The van der Waals surface area contributed by atoms with Crippen molar-refractivity contribution in [3.05, 3.63) is 35.4 Å². The first kappa shape index (κ1) is 16.8. The molecule has 24 heavy (non-hydrogen) atoms. The van der Waals surface area contributed by atoms with Crippen LogP contribution in [-0.4, -0.2) is 59.0 Å². The number of benzene rings is 1. The maximum atomic E-state index is 13.3. The first-order valence-electron chi connectivity index (χ1n) is 8.18. The molecular formula is C17H20F2N2O3. The van der Waals surface area contributed by atoms with E-state index in [1.807, 2.05) is 0 Å². The van der Waals surface area contributed by atoms with Crippen LogP contribution in [0.25, 0.3) is 0 Å². The molecule has 1 N–H and O–H groups in total. The number of halogens is 2. The molecule has 2 unspecified atom stereocenters. The van der Waals surface area contributed by atoms with Crippen LogP contribution in [0.4, 0.5) is 8.78 Å². The zero-order chi connectivity index (χ0) is 17.3. The average molecular weight is 338 g/mol. The van der Waals surface area contributed by atoms with Gasteiger partial charge in [-0.15, -0.1) is 0 Å². The Morgan fingerprint density at radius 2 is 1.67 bits per heavy atom. The minimum Gasteiger partial charge on any atom is -0.392 e. The summed E-state index contributed by atoms with van der Waals surface area (Å²) in [6, 6.07) is 3.08. The van der Waals surface area contributed by atoms with E-state index in [4.69, 9.17) is 0 Å². The van der Waals surface area contributed by atoms with Gasteiger partial charge in [0.2, 0.25) is 5.91 Å². The lowest BCUT2D eigenvalue weighted by atomic mass is 10.0. The minimum absolute atomic E-state index is 0.0556. The minimum atomic E-state index is -1.05. The number of hydrogen-bond donors (Lipinski definition) is 1. The van der Waals surface area contributed by atoms with Crippen molar-refractivity contribution < 1.29 is 23.5 Å². The van der Waals surface area contributed by atoms with Crippen LogP contribution in [0.2, 0.25) is 0 Å². The quantitative estimate of drug-likeness (QED) is 0.887. The van der Waals surface area contributed by atoms with Crippen molar-refractivity contribution in [1.82, 2.24) is 9.80 Å². The second-order valence-corrected chi connectivity index (χ2v) is 6.35. The summed E-state index contributed by atoms with van der Waals surface area (Å²) in [7, 11) is 0. The van der Waals surface area contributed by atoms with Crippen molar-refractivity contribution in [1.29, 1.82) is 0 Å². The molecule has 1 aliphatic carbocycles. The molecule has 0 aromatic heterocycles. The van der Waals surface area contributed by atoms with E-state index < -0.39 is 17.7 Å². The number of carbonyl (C=O) groups is 2. The van der Waals surface area contributed by atoms with E-state index in [1.54, 1.807) is 4.90 Å². The van der Waals surface area contributed by atoms with Crippen LogP contribution in [0.5, 0.6) is 0 Å². The summed E-state index contributed by atoms with van der Waals surface area (Å²) >= 11 is 0. The second-order valence-electron chi connectivity index (χ2n) is 6.35. The first-order valence-corrected chi connectivity index (χ1v) is 8.18. The number of nitrogens with zero attached hydrogens (tertiary/aromatic N) is 2. The highest BCUT2D eigenvalue weighted by atomic mass is 19.2. The molecule has 130 valence electrons. The van der Waals surface area contributed by atoms with Gasteiger partial charge in [0, 0.05) is 31.7 Å². The van der Waals surface area contributed by atoms with Gasteiger partial charge in [-0.05, 0) is 37.5 Å². The summed E-state index contributed by atoms with van der Waals surface area (Å²) in [6.45, 7) is 1.45. The lowest BCUT2D eigenvalue weighted by molar-refractivity contribution is -0.139. The molecule has 2 amide bonds. The molecular weight excluding hydrogens is 318 g/mol. The highest BCUT2D eigenvalue weighted by molar-refractivity contribution is 5.94. The van der Waals surface area contributed by atoms with Gasteiger partial charge >= 0.3 is 0 Å². The molecule has 1 heterocycles. The topological polar surface area (TPSA) is 60.9 Å². The van der Waals surface area contributed by atoms with Crippen LogP contribution in [0.1, 0.15) is 29.6 Å². The Kier molecular flexibility index (Phi) is 4.80. The van der Waals surface area contributed by atoms with Gasteiger partial charge < -0.3 is 14.9 Å². The number of amides is 2. The Labute approximate surface area is 138 Å². The van der Waals surface area contributed by atoms with E-state index >= 15 is 0 Å². The molecule has 0 spiro atoms. The lowest BCUT2D eigenvalue weighted by Gasteiger charge is -2.36. The predicted molar refractivity (Wildman–Crippen MR) is 82.2 cm³/mol. The number of piperazine rings is 1. The largest absolute Gasteiger partial charge is 0.392 e. The molecule has 1 saturated heterocycles. The van der Waals surface area contributed by atoms with Crippen molar-refractivity contribution in [2.24, 2.45) is 5.92 Å². The SMILES string of the molecule is O=C(c1ccc(F)c(F)c1)N1CCN(C(=O)C2CCCC2O)CC1. The van der Waals surface area contributed by atoms with Crippen molar-refractivity contribution in [3.8, 4) is 0 Å². The Morgan fingerprint density at radius 3 is 2.25 bits per heavy atom. The maximum absolute atomic E-state index is 13.3. The van der Waals surface area contributed by atoms with E-state index in [9.17, 15) is 23.5 Å². The van der Waals surface area contributed by atoms with Crippen molar-refractivity contribution >= 4 is 11.8 Å². The van der Waals surface area contributed by atoms with E-state index in [0.29, 0.717) is 39.0 Å². The van der Waals surface area contributed by atoms with Gasteiger partial charge in [0.1, 0.15) is 0 Å². The fourth-order valence-electron chi connectivity index (χ4n) is 3.40. The van der Waals surface area contributed by atoms with Crippen LogP contribution in [0.3, 0.4) is 0 Å². The average Bonchev–Trinajstić information content (AvgIpc) is 3.02. The zero-order valence-corrected chi connectivity index (χ0v) is 13.3. The molecule has 1 saturated carbocycles. The summed E-state index contributed by atoms with van der Waals surface area (Å²) in [6.07, 6.45) is 1.64. The molecule has 1 aromatic rings. The normalized spacial score (nSPS) is 24.3. The third kappa shape index (κ3) is 3.26. The fourth-order valence-corrected chi connectivity index (χ4v) is 3.40. The molecule has 0 radical (unpaired) electrons. The monoisotopic (exact) mass is 338 g/mol. The lowest BCUT2D eigenvalue weighted by Crippen LogP contribution is -2.52. The van der Waals surface area contributed by atoms with Gasteiger partial charge in [-0.1, -0.05) is 0 Å². The van der Waals surface area contributed by atoms with Crippen molar-refractivity contribution in [2.75, 3.05) is 26.2 Å². The van der Waals surface area contributed by atoms with Gasteiger partial charge in [-0.3, -0.25) is 9.59 Å². The van der Waals surface area contributed by atoms with Crippen LogP contribution in [0, 0.1) is 17.6 Å². The maximum Gasteiger partial charge on any atom is 0.254 e. The van der Waals surface area contributed by atoms with Gasteiger partial charge in [0.15, 0.2) is 11.6 Å². The summed E-state index contributed by atoms with van der Waals surface area (Å²) in [5, 5.41) is 9.85. The summed E-state index contributed by atoms with van der Waals surface area (Å²) in [5.74, 6) is -2.80. The molecule has 2 atom stereocenters. The fraction of sp³-hybridized carbons (Fsp3) is 0.529. The van der Waals surface area contributed by atoms with Gasteiger partial charge in [-0.25, -0.2) is 8.78 Å². The van der Waals surface area contributed by atoms with Crippen LogP contribution < -0.4 is 0 Å². The number of carbonyl (C=O) groups excluding carboxylic acids is 2. The number of hydrogen-bond acceptors (Lipinski definition) is 3. The van der Waals surface area contributed by atoms with E-state index in [0.717, 1.165) is 18.6 Å². The van der Waals surface area contributed by atoms with Crippen LogP contribution in [0.15, 0.2) is 18.2 Å². The van der Waals surface area contributed by atoms with Gasteiger partial charge in [0.05, 0.1) is 12.0 Å². The van der Waals surface area contributed by atoms with E-state index in [2.05, 4.69) is 0 Å². The molecule has 0 bridgehead atoms. The number of aliphatic hydroxyl groups is 1. The van der Waals surface area contributed by atoms with Gasteiger partial charge in [0.25, 0.3) is 5.91 Å². The standard InChI is InChI=1S/C17H20F2N2O3/c18-13-5-4-11(10-14(13)19)16(23)20-6-8-21(9-7-20)17(24)12-2-1-3-15(12)22/h4-5,10,12,15,22H,1-3,6-9H2. The Balaban J connectivity index is 1.59. The molecule has 2 aliphatic rings. The third-order valence-corrected chi connectivity index (χ3v) is 4.84. The molecule has 1 aliphatic heterocycles. The zero-order valence-electron chi connectivity index (χ0n) is 13.3. The Bertz CT molecular complexity index is 645. The number of aliphatic hydroxyl groups excluding tert-OH is 1. The van der Waals surface area contributed by atoms with Crippen LogP contribution >= 0.6 is 0 Å². The Hall–Kier alpha value is -2.02. The van der Waals surface area contributed by atoms with Crippen molar-refractivity contribution in [3.63, 3.8) is 0 Å². The predicted octanol–water partition coefficient (Wildman–Crippen LogP) is 1.41. The Morgan fingerprint density at radius 1 is 1.00 bits per heavy atom.